The predicted octanol–water partition coefficient (Wildman–Crippen LogP) is -5.31. The first-order chi connectivity index (χ1) is 39.6. The third kappa shape index (κ3) is 20.7. The molecule has 1 aliphatic heterocycles. The molecule has 0 spiro atoms. The summed E-state index contributed by atoms with van der Waals surface area (Å²) in [4.78, 5) is 176. The second-order valence-electron chi connectivity index (χ2n) is 20.9. The number of amides is 12. The van der Waals surface area contributed by atoms with Gasteiger partial charge in [0.1, 0.15) is 48.3 Å². The molecule has 84 heavy (non-hydrogen) atoms. The van der Waals surface area contributed by atoms with Crippen molar-refractivity contribution in [3.63, 3.8) is 0 Å². The van der Waals surface area contributed by atoms with Gasteiger partial charge < -0.3 is 90.7 Å². The van der Waals surface area contributed by atoms with E-state index in [0.717, 1.165) is 4.90 Å². The van der Waals surface area contributed by atoms with E-state index in [1.54, 1.807) is 74.6 Å². The van der Waals surface area contributed by atoms with Crippen molar-refractivity contribution >= 4 is 87.8 Å². The van der Waals surface area contributed by atoms with Gasteiger partial charge in [0.2, 0.25) is 70.9 Å². The number of H-pyrrole nitrogens is 1. The Bertz CT molecular complexity index is 2880. The van der Waals surface area contributed by atoms with Gasteiger partial charge in [0.15, 0.2) is 0 Å². The lowest BCUT2D eigenvalue weighted by Crippen LogP contribution is -2.62. The molecule has 458 valence electrons. The van der Waals surface area contributed by atoms with Crippen LogP contribution in [0.1, 0.15) is 83.8 Å². The topological polar surface area (TPSA) is 502 Å². The van der Waals surface area contributed by atoms with Crippen molar-refractivity contribution in [2.75, 3.05) is 13.1 Å². The van der Waals surface area contributed by atoms with Crippen LogP contribution in [0.25, 0.3) is 10.9 Å². The first-order valence-corrected chi connectivity index (χ1v) is 27.0. The number of aromatic nitrogens is 1. The summed E-state index contributed by atoms with van der Waals surface area (Å²) in [5.74, 6) is -13.6. The summed E-state index contributed by atoms with van der Waals surface area (Å²) in [6.07, 6.45) is -4.13. The second kappa shape index (κ2) is 32.0. The lowest BCUT2D eigenvalue weighted by atomic mass is 10.0. The molecule has 1 saturated heterocycles. The van der Waals surface area contributed by atoms with Crippen molar-refractivity contribution in [2.24, 2.45) is 28.9 Å². The summed E-state index contributed by atoms with van der Waals surface area (Å²) in [5.41, 5.74) is 23.8. The molecule has 3 aromatic rings. The van der Waals surface area contributed by atoms with Gasteiger partial charge in [-0.15, -0.1) is 0 Å². The maximum Gasteiger partial charge on any atom is 0.303 e. The van der Waals surface area contributed by atoms with E-state index in [4.69, 9.17) is 28.0 Å². The number of rotatable bonds is 33. The molecule has 2 aromatic carbocycles. The van der Waals surface area contributed by atoms with E-state index in [-0.39, 0.29) is 51.0 Å². The number of aliphatic carboxylic acids is 1. The van der Waals surface area contributed by atoms with Gasteiger partial charge in [0.25, 0.3) is 0 Å². The number of primary amides is 3. The maximum absolute atomic E-state index is 14.5. The summed E-state index contributed by atoms with van der Waals surface area (Å²) in [7, 11) is 0. The molecule has 4 rings (SSSR count). The lowest BCUT2D eigenvalue weighted by Gasteiger charge is -2.32. The number of nitrogens with two attached hydrogens (primary N) is 4. The number of aliphatic hydroxyl groups is 2. The number of para-hydroxylation sites is 1. The number of carbonyl (C=O) groups excluding carboxylic acids is 12. The highest BCUT2D eigenvalue weighted by Crippen LogP contribution is 2.22. The van der Waals surface area contributed by atoms with Crippen molar-refractivity contribution in [2.45, 2.75) is 152 Å². The van der Waals surface area contributed by atoms with Crippen molar-refractivity contribution in [1.29, 1.82) is 0 Å². The van der Waals surface area contributed by atoms with Gasteiger partial charge >= 0.3 is 5.97 Å². The minimum atomic E-state index is -1.81. The number of benzene rings is 2. The van der Waals surface area contributed by atoms with Crippen LogP contribution in [0.4, 0.5) is 0 Å². The molecular weight excluding hydrogens is 1100 g/mol. The minimum absolute atomic E-state index is 0.000868. The van der Waals surface area contributed by atoms with Gasteiger partial charge in [0, 0.05) is 42.9 Å². The zero-order valence-electron chi connectivity index (χ0n) is 46.9. The Morgan fingerprint density at radius 1 is 0.631 bits per heavy atom. The first-order valence-electron chi connectivity index (χ1n) is 27.0. The molecule has 1 fully saturated rings. The van der Waals surface area contributed by atoms with Crippen LogP contribution in [0, 0.1) is 5.92 Å². The average molecular weight is 1180 g/mol. The summed E-state index contributed by atoms with van der Waals surface area (Å²) in [6.45, 7) is 4.95. The molecule has 20 N–H and O–H groups in total. The Morgan fingerprint density at radius 3 is 1.74 bits per heavy atom. The quantitative estimate of drug-likeness (QED) is 0.0271. The molecule has 30 heteroatoms. The van der Waals surface area contributed by atoms with E-state index in [1.165, 1.54) is 13.8 Å². The molecule has 0 bridgehead atoms. The van der Waals surface area contributed by atoms with Crippen molar-refractivity contribution in [3.05, 3.63) is 71.9 Å². The molecule has 30 nitrogen and oxygen atoms in total. The molecule has 0 radical (unpaired) electrons. The molecule has 0 unspecified atom stereocenters. The van der Waals surface area contributed by atoms with Gasteiger partial charge in [-0.3, -0.25) is 62.3 Å². The normalized spacial score (nSPS) is 16.6. The van der Waals surface area contributed by atoms with E-state index >= 15 is 0 Å². The fraction of sp³-hybridized carbons (Fsp3) is 0.500. The summed E-state index contributed by atoms with van der Waals surface area (Å²) in [5, 5.41) is 49.9. The fourth-order valence-electron chi connectivity index (χ4n) is 9.16. The zero-order chi connectivity index (χ0) is 62.5. The van der Waals surface area contributed by atoms with Crippen molar-refractivity contribution in [3.8, 4) is 0 Å². The molecule has 11 atom stereocenters. The fourth-order valence-corrected chi connectivity index (χ4v) is 9.16. The largest absolute Gasteiger partial charge is 0.481 e. The number of fused-ring (bicyclic) bond motifs is 1. The molecule has 0 saturated carbocycles. The van der Waals surface area contributed by atoms with E-state index in [2.05, 4.69) is 47.5 Å². The van der Waals surface area contributed by atoms with Crippen LogP contribution in [-0.2, 0) is 75.2 Å². The number of hydrogen-bond acceptors (Lipinski definition) is 16. The molecule has 0 aliphatic carbocycles. The third-order valence-corrected chi connectivity index (χ3v) is 13.5. The molecule has 1 aliphatic rings. The summed E-state index contributed by atoms with van der Waals surface area (Å²) in [6, 6.07) is 1.13. The van der Waals surface area contributed by atoms with E-state index < -0.39 is 169 Å². The molecule has 2 heterocycles. The lowest BCUT2D eigenvalue weighted by molar-refractivity contribution is -0.145. The van der Waals surface area contributed by atoms with Crippen LogP contribution < -0.4 is 65.5 Å². The number of nitrogens with one attached hydrogen (secondary N) is 9. The van der Waals surface area contributed by atoms with Gasteiger partial charge in [-0.25, -0.2) is 0 Å². The molecule has 1 aromatic heterocycles. The van der Waals surface area contributed by atoms with Crippen LogP contribution >= 0.6 is 0 Å². The monoisotopic (exact) mass is 1180 g/mol. The standard InChI is InChI=1S/C54H76N14O16/c1-26(2)19-34(61-47(77)32(55)16-17-43(74)75)49(79)64-37(22-40(56)71)50(80)62-35(20-29-11-6-5-7-12-29)52(82)67-45(28(4)70)54(84)68-18-10-15-39(68)53(83)65-38(23-41(57)72)51(81)63-36(21-30-24-59-33-14-9-8-13-31(30)33)48(78)60-25-42(73)66-44(27(3)69)46(58)76/h5-9,11-14,24,26-28,32,34-39,44-45,59,69-70H,10,15-23,25,55H2,1-4H3,(H2,56,71)(H2,57,72)(H2,58,76)(H,60,78)(H,61,77)(H,62,80)(H,63,81)(H,64,79)(H,65,83)(H,66,73)(H,67,82)(H,74,75)/t27-,28-,32+,34+,35+,36+,37+,38+,39+,44+,45+/m1/s1. The Hall–Kier alpha value is -9.03. The van der Waals surface area contributed by atoms with Gasteiger partial charge in [-0.1, -0.05) is 62.4 Å². The Kier molecular flexibility index (Phi) is 25.7. The highest BCUT2D eigenvalue weighted by molar-refractivity contribution is 6.00. The number of likely N-dealkylation sites (tertiary alicyclic amines) is 1. The predicted molar refractivity (Wildman–Crippen MR) is 298 cm³/mol. The third-order valence-electron chi connectivity index (χ3n) is 13.5. The van der Waals surface area contributed by atoms with Crippen LogP contribution in [0.15, 0.2) is 60.8 Å². The number of carbonyl (C=O) groups is 13. The van der Waals surface area contributed by atoms with Crippen LogP contribution in [0.2, 0.25) is 0 Å². The van der Waals surface area contributed by atoms with Crippen LogP contribution in [0.5, 0.6) is 0 Å². The number of hydrogen-bond donors (Lipinski definition) is 16. The number of nitrogens with zero attached hydrogens (tertiary/aromatic N) is 1. The average Bonchev–Trinajstić information content (AvgIpc) is 4.30. The van der Waals surface area contributed by atoms with Gasteiger partial charge in [-0.05, 0) is 62.6 Å². The number of carboxylic acids is 1. The van der Waals surface area contributed by atoms with Crippen LogP contribution in [-0.4, -0.2) is 182 Å². The first kappa shape index (κ1) is 67.5. The Labute approximate surface area is 482 Å². The van der Waals surface area contributed by atoms with Crippen molar-refractivity contribution in [1.82, 2.24) is 52.4 Å². The van der Waals surface area contributed by atoms with Crippen molar-refractivity contribution < 1.29 is 77.6 Å². The Balaban J connectivity index is 1.56. The zero-order valence-corrected chi connectivity index (χ0v) is 46.9. The van der Waals surface area contributed by atoms with E-state index in [0.29, 0.717) is 22.0 Å². The summed E-state index contributed by atoms with van der Waals surface area (Å²) >= 11 is 0. The van der Waals surface area contributed by atoms with Gasteiger partial charge in [0.05, 0.1) is 37.6 Å². The SMILES string of the molecule is CC(C)C[C@H](NC(=O)[C@@H](N)CCC(=O)O)C(=O)N[C@@H](CC(N)=O)C(=O)N[C@@H](Cc1ccccc1)C(=O)N[C@H](C(=O)N1CCC[C@H]1C(=O)N[C@@H](CC(N)=O)C(=O)N[C@@H](Cc1c[nH]c2ccccc12)C(=O)NCC(=O)N[C@H](C(N)=O)[C@@H](C)O)[C@@H](C)O. The maximum atomic E-state index is 14.5. The number of aromatic amines is 1. The van der Waals surface area contributed by atoms with Gasteiger partial charge in [-0.2, -0.15) is 0 Å². The van der Waals surface area contributed by atoms with E-state index in [1.807, 2.05) is 0 Å². The minimum Gasteiger partial charge on any atom is -0.481 e. The number of carboxylic acid groups (broad SMARTS) is 1. The molecular formula is C54H76N14O16. The second-order valence-corrected chi connectivity index (χ2v) is 20.9. The molecule has 12 amide bonds. The Morgan fingerprint density at radius 2 is 1.17 bits per heavy atom. The highest BCUT2D eigenvalue weighted by atomic mass is 16.4. The number of aliphatic hydroxyl groups excluding tert-OH is 2. The van der Waals surface area contributed by atoms with Crippen LogP contribution in [0.3, 0.4) is 0 Å². The summed E-state index contributed by atoms with van der Waals surface area (Å²) < 4.78 is 0. The smallest absolute Gasteiger partial charge is 0.303 e. The van der Waals surface area contributed by atoms with E-state index in [9.17, 15) is 72.5 Å². The highest BCUT2D eigenvalue weighted by Gasteiger charge is 2.42.